The minimum Gasteiger partial charge on any atom is -0.726 e. The van der Waals surface area contributed by atoms with Crippen LogP contribution in [0, 0.1) is 0 Å². The van der Waals surface area contributed by atoms with E-state index in [-0.39, 0.29) is 5.97 Å². The third-order valence-corrected chi connectivity index (χ3v) is 5.28. The van der Waals surface area contributed by atoms with Gasteiger partial charge >= 0.3 is 5.97 Å². The van der Waals surface area contributed by atoms with Crippen LogP contribution < -0.4 is 0 Å². The number of rotatable bonds is 11. The van der Waals surface area contributed by atoms with Crippen molar-refractivity contribution in [1.82, 2.24) is 0 Å². The molecule has 0 aliphatic carbocycles. The van der Waals surface area contributed by atoms with Gasteiger partial charge in [-0.3, -0.25) is 8.37 Å². The standard InChI is InChI=1S/C15H32N2O2.2CH4O4S/c1-8-17(7,9-2)11-10-16(5,6)12-13-19-15(18)14(3)4;2*1-5-6(2,3)4/h3,8-13H2,1-2,4-7H3;2*1H3,(H,2,3,4)/q+2;;/p-2. The van der Waals surface area contributed by atoms with Gasteiger partial charge < -0.3 is 22.8 Å². The minimum absolute atomic E-state index is 0.289. The molecule has 0 amide bonds. The second-order valence-corrected chi connectivity index (χ2v) is 9.72. The Bertz CT molecular complexity index is 698. The van der Waals surface area contributed by atoms with Crippen molar-refractivity contribution >= 4 is 26.8 Å². The van der Waals surface area contributed by atoms with Gasteiger partial charge in [-0.05, 0) is 20.8 Å². The zero-order valence-electron chi connectivity index (χ0n) is 19.7. The molecule has 0 spiro atoms. The fourth-order valence-corrected chi connectivity index (χ4v) is 1.67. The molecule has 0 saturated carbocycles. The van der Waals surface area contributed by atoms with Gasteiger partial charge in [-0.15, -0.1) is 0 Å². The third-order valence-electron chi connectivity index (χ3n) is 4.46. The van der Waals surface area contributed by atoms with Crippen molar-refractivity contribution in [1.29, 1.82) is 0 Å². The fraction of sp³-hybridized carbons (Fsp3) is 0.824. The lowest BCUT2D eigenvalue weighted by atomic mass is 10.3. The van der Waals surface area contributed by atoms with Crippen LogP contribution in [0.3, 0.4) is 0 Å². The van der Waals surface area contributed by atoms with Crippen molar-refractivity contribution in [3.8, 4) is 0 Å². The summed E-state index contributed by atoms with van der Waals surface area (Å²) in [4.78, 5) is 11.3. The molecule has 0 saturated heterocycles. The number of hydrogen-bond acceptors (Lipinski definition) is 10. The molecule has 12 nitrogen and oxygen atoms in total. The van der Waals surface area contributed by atoms with E-state index < -0.39 is 20.8 Å². The van der Waals surface area contributed by atoms with E-state index in [9.17, 15) is 30.7 Å². The van der Waals surface area contributed by atoms with Gasteiger partial charge in [0.2, 0.25) is 20.8 Å². The smallest absolute Gasteiger partial charge is 0.333 e. The van der Waals surface area contributed by atoms with Crippen LogP contribution in [0.25, 0.3) is 0 Å². The Labute approximate surface area is 187 Å². The third kappa shape index (κ3) is 25.0. The van der Waals surface area contributed by atoms with Crippen LogP contribution in [0.15, 0.2) is 12.2 Å². The molecule has 14 heteroatoms. The summed E-state index contributed by atoms with van der Waals surface area (Å²) in [5, 5.41) is 0. The molecule has 0 aliphatic heterocycles. The van der Waals surface area contributed by atoms with Crippen LogP contribution in [-0.2, 0) is 38.7 Å². The number of likely N-dealkylation sites (N-methyl/N-ethyl adjacent to an activating group) is 2. The quantitative estimate of drug-likeness (QED) is 0.124. The van der Waals surface area contributed by atoms with Gasteiger partial charge in [-0.1, -0.05) is 6.58 Å². The second-order valence-electron chi connectivity index (χ2n) is 7.42. The maximum atomic E-state index is 11.3. The maximum absolute atomic E-state index is 11.3. The topological polar surface area (TPSA) is 159 Å². The monoisotopic (exact) mass is 494 g/mol. The highest BCUT2D eigenvalue weighted by atomic mass is 32.3. The first kappa shape index (κ1) is 34.5. The second kappa shape index (κ2) is 15.6. The predicted molar refractivity (Wildman–Crippen MR) is 113 cm³/mol. The fourth-order valence-electron chi connectivity index (χ4n) is 1.67. The van der Waals surface area contributed by atoms with Gasteiger partial charge in [0.25, 0.3) is 0 Å². The number of carbonyl (C=O) groups is 1. The Morgan fingerprint density at radius 1 is 0.871 bits per heavy atom. The van der Waals surface area contributed by atoms with Gasteiger partial charge in [0.15, 0.2) is 0 Å². The summed E-state index contributed by atoms with van der Waals surface area (Å²) in [6.07, 6.45) is 0. The molecule has 0 unspecified atom stereocenters. The molecule has 0 heterocycles. The van der Waals surface area contributed by atoms with Crippen molar-refractivity contribution in [3.63, 3.8) is 0 Å². The van der Waals surface area contributed by atoms with Crippen LogP contribution in [0.1, 0.15) is 20.8 Å². The number of hydrogen-bond donors (Lipinski definition) is 0. The summed E-state index contributed by atoms with van der Waals surface area (Å²) in [5.41, 5.74) is 0.464. The number of quaternary nitrogens is 2. The van der Waals surface area contributed by atoms with E-state index in [2.05, 4.69) is 49.9 Å². The summed E-state index contributed by atoms with van der Waals surface area (Å²) < 4.78 is 69.2. The summed E-state index contributed by atoms with van der Waals surface area (Å²) in [6, 6.07) is 0. The van der Waals surface area contributed by atoms with Crippen LogP contribution in [0.5, 0.6) is 0 Å². The molecule has 0 aromatic heterocycles. The molecule has 188 valence electrons. The summed E-state index contributed by atoms with van der Waals surface area (Å²) in [6.45, 7) is 15.6. The lowest BCUT2D eigenvalue weighted by Gasteiger charge is -2.36. The Hall–Kier alpha value is -1.13. The van der Waals surface area contributed by atoms with Gasteiger partial charge in [0.05, 0.1) is 48.5 Å². The molecule has 0 bridgehead atoms. The highest BCUT2D eigenvalue weighted by Gasteiger charge is 2.23. The lowest BCUT2D eigenvalue weighted by molar-refractivity contribution is -0.953. The number of ether oxygens (including phenoxy) is 1. The first-order chi connectivity index (χ1) is 13.8. The Balaban J connectivity index is -0.000000532. The van der Waals surface area contributed by atoms with Gasteiger partial charge in [0.1, 0.15) is 26.2 Å². The van der Waals surface area contributed by atoms with E-state index in [1.54, 1.807) is 6.92 Å². The Kier molecular flexibility index (Phi) is 17.4. The molecule has 0 radical (unpaired) electrons. The molecule has 0 fully saturated rings. The first-order valence-corrected chi connectivity index (χ1v) is 12.0. The van der Waals surface area contributed by atoms with Gasteiger partial charge in [-0.25, -0.2) is 21.6 Å². The normalized spacial score (nSPS) is 12.1. The predicted octanol–water partition coefficient (Wildman–Crippen LogP) is -0.145. The first-order valence-electron chi connectivity index (χ1n) is 9.29. The van der Waals surface area contributed by atoms with Crippen molar-refractivity contribution in [3.05, 3.63) is 12.2 Å². The molecule has 0 aromatic rings. The van der Waals surface area contributed by atoms with Crippen LogP contribution in [0.2, 0.25) is 0 Å². The molecule has 0 rings (SSSR count). The van der Waals surface area contributed by atoms with E-state index in [1.165, 1.54) is 0 Å². The van der Waals surface area contributed by atoms with Crippen molar-refractivity contribution < 1.29 is 52.8 Å². The number of nitrogens with zero attached hydrogens (tertiary/aromatic N) is 2. The summed E-state index contributed by atoms with van der Waals surface area (Å²) in [7, 11) is -0.546. The molecular weight excluding hydrogens is 456 g/mol. The van der Waals surface area contributed by atoms with Crippen molar-refractivity contribution in [2.24, 2.45) is 0 Å². The zero-order chi connectivity index (χ0) is 25.5. The summed E-state index contributed by atoms with van der Waals surface area (Å²) in [5.74, 6) is -0.289. The molecule has 0 atom stereocenters. The van der Waals surface area contributed by atoms with E-state index in [0.717, 1.165) is 55.9 Å². The number of carbonyl (C=O) groups excluding carboxylic acids is 1. The molecular formula is C17H38N2O10S2. The van der Waals surface area contributed by atoms with E-state index in [0.29, 0.717) is 12.2 Å². The van der Waals surface area contributed by atoms with Crippen molar-refractivity contribution in [2.75, 3.05) is 74.7 Å². The van der Waals surface area contributed by atoms with E-state index >= 15 is 0 Å². The highest BCUT2D eigenvalue weighted by Crippen LogP contribution is 2.05. The van der Waals surface area contributed by atoms with Crippen LogP contribution in [-0.4, -0.2) is 116 Å². The Morgan fingerprint density at radius 3 is 1.48 bits per heavy atom. The molecule has 0 aromatic carbocycles. The van der Waals surface area contributed by atoms with Crippen LogP contribution >= 0.6 is 0 Å². The average Bonchev–Trinajstić information content (AvgIpc) is 2.65. The molecule has 0 N–H and O–H groups in total. The van der Waals surface area contributed by atoms with E-state index in [4.69, 9.17) is 4.74 Å². The van der Waals surface area contributed by atoms with Crippen molar-refractivity contribution in [2.45, 2.75) is 20.8 Å². The van der Waals surface area contributed by atoms with E-state index in [1.807, 2.05) is 0 Å². The van der Waals surface area contributed by atoms with Gasteiger partial charge in [0, 0.05) is 5.57 Å². The lowest BCUT2D eigenvalue weighted by Crippen LogP contribution is -2.53. The summed E-state index contributed by atoms with van der Waals surface area (Å²) >= 11 is 0. The van der Waals surface area contributed by atoms with Gasteiger partial charge in [-0.2, -0.15) is 0 Å². The largest absolute Gasteiger partial charge is 0.726 e. The molecule has 31 heavy (non-hydrogen) atoms. The minimum atomic E-state index is -4.41. The van der Waals surface area contributed by atoms with Crippen LogP contribution in [0.4, 0.5) is 0 Å². The molecule has 0 aliphatic rings. The highest BCUT2D eigenvalue weighted by molar-refractivity contribution is 7.81. The Morgan fingerprint density at radius 2 is 1.23 bits per heavy atom. The average molecular weight is 495 g/mol. The zero-order valence-corrected chi connectivity index (χ0v) is 21.4. The maximum Gasteiger partial charge on any atom is 0.333 e. The SMILES string of the molecule is C=C(C)C(=O)OCC[N+](C)(C)CC[N+](C)(CC)CC.COS(=O)(=O)[O-].COS(=O)(=O)[O-]. The number of esters is 1.